The molecule has 128 valence electrons. The molecule has 0 radical (unpaired) electrons. The topological polar surface area (TPSA) is 58.2 Å². The quantitative estimate of drug-likeness (QED) is 0.709. The number of hydrogen-bond acceptors (Lipinski definition) is 4. The summed E-state index contributed by atoms with van der Waals surface area (Å²) in [6.45, 7) is 4.50. The molecular formula is C18H22N2O2S2. The van der Waals surface area contributed by atoms with Crippen LogP contribution in [0, 0.1) is 13.8 Å². The van der Waals surface area contributed by atoms with Crippen molar-refractivity contribution < 1.29 is 9.59 Å². The number of amides is 2. The lowest BCUT2D eigenvalue weighted by Gasteiger charge is -2.08. The van der Waals surface area contributed by atoms with Crippen LogP contribution < -0.4 is 10.6 Å². The summed E-state index contributed by atoms with van der Waals surface area (Å²) in [5.74, 6) is 1.43. The van der Waals surface area contributed by atoms with E-state index in [2.05, 4.69) is 27.5 Å². The summed E-state index contributed by atoms with van der Waals surface area (Å²) < 4.78 is 0. The van der Waals surface area contributed by atoms with Crippen LogP contribution in [-0.2, 0) is 10.5 Å². The molecule has 2 N–H and O–H groups in total. The number of rotatable bonds is 8. The van der Waals surface area contributed by atoms with Gasteiger partial charge in [0, 0.05) is 23.6 Å². The zero-order valence-corrected chi connectivity index (χ0v) is 15.6. The lowest BCUT2D eigenvalue weighted by molar-refractivity contribution is -0.120. The molecule has 4 nitrogen and oxygen atoms in total. The van der Waals surface area contributed by atoms with E-state index < -0.39 is 0 Å². The van der Waals surface area contributed by atoms with Crippen molar-refractivity contribution in [3.8, 4) is 0 Å². The first-order valence-corrected chi connectivity index (χ1v) is 9.86. The van der Waals surface area contributed by atoms with Gasteiger partial charge in [0.1, 0.15) is 0 Å². The highest BCUT2D eigenvalue weighted by Gasteiger charge is 2.08. The molecule has 0 unspecified atom stereocenters. The third-order valence-electron chi connectivity index (χ3n) is 3.31. The van der Waals surface area contributed by atoms with Gasteiger partial charge in [-0.15, -0.1) is 0 Å². The molecule has 0 atom stereocenters. The summed E-state index contributed by atoms with van der Waals surface area (Å²) in [7, 11) is 0. The van der Waals surface area contributed by atoms with E-state index in [1.54, 1.807) is 23.1 Å². The second-order valence-electron chi connectivity index (χ2n) is 5.59. The van der Waals surface area contributed by atoms with Gasteiger partial charge in [-0.25, -0.2) is 0 Å². The number of carbonyl (C=O) groups is 2. The molecule has 2 amide bonds. The summed E-state index contributed by atoms with van der Waals surface area (Å²) in [5.41, 5.74) is 3.98. The third kappa shape index (κ3) is 6.37. The van der Waals surface area contributed by atoms with Crippen LogP contribution in [-0.4, -0.2) is 30.7 Å². The Balaban J connectivity index is 1.62. The fourth-order valence-electron chi connectivity index (χ4n) is 2.26. The minimum absolute atomic E-state index is 0.00101. The Kier molecular flexibility index (Phi) is 7.34. The van der Waals surface area contributed by atoms with Gasteiger partial charge in [-0.1, -0.05) is 17.2 Å². The zero-order chi connectivity index (χ0) is 17.4. The Morgan fingerprint density at radius 3 is 2.54 bits per heavy atom. The van der Waals surface area contributed by atoms with Crippen molar-refractivity contribution in [3.63, 3.8) is 0 Å². The first kappa shape index (κ1) is 18.5. The van der Waals surface area contributed by atoms with Crippen LogP contribution >= 0.6 is 23.1 Å². The molecule has 0 saturated carbocycles. The molecule has 2 aromatic rings. The predicted molar refractivity (Wildman–Crippen MR) is 102 cm³/mol. The molecule has 0 aliphatic heterocycles. The normalized spacial score (nSPS) is 10.4. The smallest absolute Gasteiger partial charge is 0.251 e. The lowest BCUT2D eigenvalue weighted by atomic mass is 10.1. The maximum absolute atomic E-state index is 12.1. The van der Waals surface area contributed by atoms with Crippen LogP contribution in [0.2, 0.25) is 0 Å². The standard InChI is InChI=1S/C18H22N2O2S2/c1-13-7-14(2)9-16(8-13)18(22)20-10-17(21)19-4-6-24-12-15-3-5-23-11-15/h3,5,7-9,11H,4,6,10,12H2,1-2H3,(H,19,21)(H,20,22). The molecule has 24 heavy (non-hydrogen) atoms. The Hall–Kier alpha value is -1.79. The van der Waals surface area contributed by atoms with E-state index in [9.17, 15) is 9.59 Å². The van der Waals surface area contributed by atoms with E-state index in [1.165, 1.54) is 5.56 Å². The number of hydrogen-bond donors (Lipinski definition) is 2. The maximum Gasteiger partial charge on any atom is 0.251 e. The highest BCUT2D eigenvalue weighted by molar-refractivity contribution is 7.98. The van der Waals surface area contributed by atoms with E-state index in [0.29, 0.717) is 12.1 Å². The van der Waals surface area contributed by atoms with Gasteiger partial charge in [0.2, 0.25) is 5.91 Å². The summed E-state index contributed by atoms with van der Waals surface area (Å²) >= 11 is 3.48. The number of nitrogens with one attached hydrogen (secondary N) is 2. The molecular weight excluding hydrogens is 340 g/mol. The van der Waals surface area contributed by atoms with Crippen LogP contribution in [0.3, 0.4) is 0 Å². The number of aryl methyl sites for hydroxylation is 2. The number of carbonyl (C=O) groups excluding carboxylic acids is 2. The molecule has 0 bridgehead atoms. The SMILES string of the molecule is Cc1cc(C)cc(C(=O)NCC(=O)NCCSCc2ccsc2)c1. The maximum atomic E-state index is 12.1. The van der Waals surface area contributed by atoms with Gasteiger partial charge in [-0.3, -0.25) is 9.59 Å². The van der Waals surface area contributed by atoms with E-state index in [4.69, 9.17) is 0 Å². The molecule has 0 fully saturated rings. The number of thiophene rings is 1. The van der Waals surface area contributed by atoms with Crippen LogP contribution in [0.1, 0.15) is 27.0 Å². The molecule has 0 spiro atoms. The fourth-order valence-corrected chi connectivity index (χ4v) is 3.84. The molecule has 2 rings (SSSR count). The van der Waals surface area contributed by atoms with Crippen LogP contribution in [0.25, 0.3) is 0 Å². The van der Waals surface area contributed by atoms with E-state index in [-0.39, 0.29) is 18.4 Å². The predicted octanol–water partition coefficient (Wildman–Crippen LogP) is 3.14. The largest absolute Gasteiger partial charge is 0.354 e. The fraction of sp³-hybridized carbons (Fsp3) is 0.333. The van der Waals surface area contributed by atoms with Crippen molar-refractivity contribution in [1.82, 2.24) is 10.6 Å². The van der Waals surface area contributed by atoms with Crippen molar-refractivity contribution in [3.05, 3.63) is 57.3 Å². The van der Waals surface area contributed by atoms with Crippen molar-refractivity contribution in [2.24, 2.45) is 0 Å². The van der Waals surface area contributed by atoms with Crippen molar-refractivity contribution in [1.29, 1.82) is 0 Å². The monoisotopic (exact) mass is 362 g/mol. The highest BCUT2D eigenvalue weighted by atomic mass is 32.2. The van der Waals surface area contributed by atoms with Gasteiger partial charge < -0.3 is 10.6 Å². The molecule has 1 heterocycles. The van der Waals surface area contributed by atoms with Gasteiger partial charge in [0.05, 0.1) is 6.54 Å². The molecule has 1 aromatic carbocycles. The second-order valence-corrected chi connectivity index (χ2v) is 7.48. The number of thioether (sulfide) groups is 1. The molecule has 0 aliphatic carbocycles. The van der Waals surface area contributed by atoms with Gasteiger partial charge in [0.15, 0.2) is 0 Å². The minimum atomic E-state index is -0.219. The molecule has 0 saturated heterocycles. The summed E-state index contributed by atoms with van der Waals surface area (Å²) in [6, 6.07) is 7.76. The average molecular weight is 363 g/mol. The van der Waals surface area contributed by atoms with E-state index >= 15 is 0 Å². The molecule has 1 aromatic heterocycles. The average Bonchev–Trinajstić information content (AvgIpc) is 3.04. The summed E-state index contributed by atoms with van der Waals surface area (Å²) in [4.78, 5) is 23.8. The van der Waals surface area contributed by atoms with Crippen molar-refractivity contribution in [2.45, 2.75) is 19.6 Å². The van der Waals surface area contributed by atoms with Crippen LogP contribution in [0.5, 0.6) is 0 Å². The van der Waals surface area contributed by atoms with Crippen molar-refractivity contribution >= 4 is 34.9 Å². The first-order chi connectivity index (χ1) is 11.5. The third-order valence-corrected chi connectivity index (χ3v) is 5.07. The lowest BCUT2D eigenvalue weighted by Crippen LogP contribution is -2.37. The summed E-state index contributed by atoms with van der Waals surface area (Å²) in [6.07, 6.45) is 0. The minimum Gasteiger partial charge on any atom is -0.354 e. The van der Waals surface area contributed by atoms with E-state index in [1.807, 2.05) is 32.0 Å². The van der Waals surface area contributed by atoms with Crippen LogP contribution in [0.4, 0.5) is 0 Å². The molecule has 6 heteroatoms. The van der Waals surface area contributed by atoms with Crippen LogP contribution in [0.15, 0.2) is 35.0 Å². The summed E-state index contributed by atoms with van der Waals surface area (Å²) in [5, 5.41) is 9.68. The van der Waals surface area contributed by atoms with Gasteiger partial charge in [-0.2, -0.15) is 23.1 Å². The Bertz CT molecular complexity index is 664. The van der Waals surface area contributed by atoms with E-state index in [0.717, 1.165) is 22.6 Å². The number of benzene rings is 1. The Morgan fingerprint density at radius 1 is 1.12 bits per heavy atom. The van der Waals surface area contributed by atoms with Gasteiger partial charge in [0.25, 0.3) is 5.91 Å². The first-order valence-electron chi connectivity index (χ1n) is 7.76. The Morgan fingerprint density at radius 2 is 1.88 bits per heavy atom. The molecule has 0 aliphatic rings. The zero-order valence-electron chi connectivity index (χ0n) is 13.9. The van der Waals surface area contributed by atoms with Gasteiger partial charge >= 0.3 is 0 Å². The van der Waals surface area contributed by atoms with Crippen molar-refractivity contribution in [2.75, 3.05) is 18.8 Å². The van der Waals surface area contributed by atoms with Gasteiger partial charge in [-0.05, 0) is 48.4 Å². The Labute approximate surface area is 151 Å². The second kappa shape index (κ2) is 9.49. The highest BCUT2D eigenvalue weighted by Crippen LogP contribution is 2.14.